The number of hydrogen-bond donors (Lipinski definition) is 3. The van der Waals surface area contributed by atoms with Crippen LogP contribution in [0, 0.1) is 0 Å². The van der Waals surface area contributed by atoms with Crippen LogP contribution in [0.4, 0.5) is 4.79 Å². The number of nitrogens with one attached hydrogen (secondary N) is 1. The van der Waals surface area contributed by atoms with E-state index in [0.29, 0.717) is 32.0 Å². The van der Waals surface area contributed by atoms with Crippen molar-refractivity contribution in [1.29, 1.82) is 0 Å². The van der Waals surface area contributed by atoms with E-state index >= 15 is 0 Å². The van der Waals surface area contributed by atoms with Gasteiger partial charge in [-0.3, -0.25) is 4.79 Å². The quantitative estimate of drug-likeness (QED) is 0.201. The summed E-state index contributed by atoms with van der Waals surface area (Å²) < 4.78 is 0. The minimum Gasteiger partial charge on any atom is -0.508 e. The molecule has 3 N–H and O–H groups in total. The third kappa shape index (κ3) is 8.52. The van der Waals surface area contributed by atoms with Crippen molar-refractivity contribution in [3.8, 4) is 28.3 Å². The van der Waals surface area contributed by atoms with Gasteiger partial charge in [0, 0.05) is 57.8 Å². The van der Waals surface area contributed by atoms with Gasteiger partial charge in [0.05, 0.1) is 6.61 Å². The third-order valence-electron chi connectivity index (χ3n) is 8.63. The number of phenols is 1. The van der Waals surface area contributed by atoms with Crippen LogP contribution in [0.15, 0.2) is 72.8 Å². The number of urea groups is 1. The van der Waals surface area contributed by atoms with Gasteiger partial charge in [0.15, 0.2) is 0 Å². The maximum Gasteiger partial charge on any atom is 0.321 e. The minimum atomic E-state index is -0.809. The Morgan fingerprint density at radius 2 is 1.60 bits per heavy atom. The lowest BCUT2D eigenvalue weighted by Gasteiger charge is -2.40. The van der Waals surface area contributed by atoms with E-state index in [1.807, 2.05) is 60.5 Å². The van der Waals surface area contributed by atoms with Crippen LogP contribution < -0.4 is 0 Å². The Morgan fingerprint density at radius 1 is 0.915 bits per heavy atom. The molecule has 12 heteroatoms. The Kier molecular flexibility index (Phi) is 11.5. The van der Waals surface area contributed by atoms with Crippen LogP contribution in [0.3, 0.4) is 0 Å². The van der Waals surface area contributed by atoms with Gasteiger partial charge in [-0.1, -0.05) is 74.0 Å². The summed E-state index contributed by atoms with van der Waals surface area (Å²) in [5.41, 5.74) is 4.57. The number of aromatic amines is 1. The number of carbonyl (C=O) groups excluding carboxylic acids is 2. The third-order valence-corrected chi connectivity index (χ3v) is 8.63. The molecule has 0 bridgehead atoms. The topological polar surface area (TPSA) is 142 Å². The molecule has 0 spiro atoms. The van der Waals surface area contributed by atoms with Crippen LogP contribution in [0.5, 0.6) is 5.75 Å². The number of aromatic hydroxyl groups is 1. The Hall–Kier alpha value is -4.81. The molecule has 0 radical (unpaired) electrons. The van der Waals surface area contributed by atoms with Crippen LogP contribution in [-0.4, -0.2) is 121 Å². The first-order valence-corrected chi connectivity index (χ1v) is 16.2. The van der Waals surface area contributed by atoms with Crippen LogP contribution in [-0.2, 0) is 17.8 Å². The molecule has 1 fully saturated rings. The zero-order valence-corrected chi connectivity index (χ0v) is 27.1. The van der Waals surface area contributed by atoms with Gasteiger partial charge >= 0.3 is 6.03 Å². The van der Waals surface area contributed by atoms with Crippen LogP contribution >= 0.6 is 0 Å². The van der Waals surface area contributed by atoms with Crippen molar-refractivity contribution in [1.82, 2.24) is 40.2 Å². The molecule has 2 heterocycles. The van der Waals surface area contributed by atoms with Gasteiger partial charge in [-0.05, 0) is 53.1 Å². The zero-order valence-electron chi connectivity index (χ0n) is 27.1. The first kappa shape index (κ1) is 33.6. The number of amides is 3. The first-order chi connectivity index (χ1) is 22.9. The van der Waals surface area contributed by atoms with Gasteiger partial charge in [-0.2, -0.15) is 5.21 Å². The van der Waals surface area contributed by atoms with Crippen LogP contribution in [0.25, 0.3) is 22.5 Å². The Morgan fingerprint density at radius 3 is 2.23 bits per heavy atom. The normalized spacial score (nSPS) is 14.1. The summed E-state index contributed by atoms with van der Waals surface area (Å²) in [7, 11) is 2.03. The van der Waals surface area contributed by atoms with Gasteiger partial charge in [-0.25, -0.2) is 4.79 Å². The highest BCUT2D eigenvalue weighted by Gasteiger charge is 2.36. The highest BCUT2D eigenvalue weighted by atomic mass is 16.3. The molecule has 0 aliphatic carbocycles. The first-order valence-electron chi connectivity index (χ1n) is 16.2. The number of likely N-dealkylation sites (N-methyl/N-ethyl adjacent to an activating group) is 1. The largest absolute Gasteiger partial charge is 0.508 e. The fourth-order valence-corrected chi connectivity index (χ4v) is 5.91. The number of aliphatic hydroxyl groups is 1. The second-order valence-electron chi connectivity index (χ2n) is 12.0. The molecule has 4 aromatic rings. The molecule has 1 unspecified atom stereocenters. The lowest BCUT2D eigenvalue weighted by Crippen LogP contribution is -2.58. The van der Waals surface area contributed by atoms with Crippen molar-refractivity contribution in [3.63, 3.8) is 0 Å². The summed E-state index contributed by atoms with van der Waals surface area (Å²) in [5, 5.41) is 34.5. The Balaban J connectivity index is 1.40. The molecular weight excluding hydrogens is 596 g/mol. The average molecular weight is 641 g/mol. The molecule has 12 nitrogen and oxygen atoms in total. The fourth-order valence-electron chi connectivity index (χ4n) is 5.91. The zero-order chi connectivity index (χ0) is 33.2. The van der Waals surface area contributed by atoms with Gasteiger partial charge in [-0.15, -0.1) is 10.2 Å². The van der Waals surface area contributed by atoms with E-state index in [9.17, 15) is 19.8 Å². The number of aromatic nitrogens is 4. The van der Waals surface area contributed by atoms with Crippen molar-refractivity contribution in [2.45, 2.75) is 38.8 Å². The summed E-state index contributed by atoms with van der Waals surface area (Å²) >= 11 is 0. The van der Waals surface area contributed by atoms with Crippen molar-refractivity contribution in [2.24, 2.45) is 0 Å². The Labute approximate surface area is 275 Å². The van der Waals surface area contributed by atoms with E-state index < -0.39 is 6.04 Å². The molecule has 47 heavy (non-hydrogen) atoms. The highest BCUT2D eigenvalue weighted by molar-refractivity contribution is 5.88. The van der Waals surface area contributed by atoms with E-state index in [-0.39, 0.29) is 37.3 Å². The second-order valence-corrected chi connectivity index (χ2v) is 12.0. The number of piperazine rings is 1. The highest BCUT2D eigenvalue weighted by Crippen LogP contribution is 2.30. The number of phenolic OH excluding ortho intramolecular Hbond substituents is 1. The molecule has 3 amide bonds. The van der Waals surface area contributed by atoms with E-state index in [1.165, 1.54) is 0 Å². The molecule has 0 saturated carbocycles. The number of tetrazole rings is 1. The fraction of sp³-hybridized carbons (Fsp3) is 0.400. The average Bonchev–Trinajstić information content (AvgIpc) is 3.64. The molecule has 1 aliphatic heterocycles. The van der Waals surface area contributed by atoms with E-state index in [1.54, 1.807) is 34.1 Å². The lowest BCUT2D eigenvalue weighted by atomic mass is 9.98. The Bertz CT molecular complexity index is 1570. The predicted octanol–water partition coefficient (Wildman–Crippen LogP) is 3.64. The number of unbranched alkanes of at least 4 members (excludes halogenated alkanes) is 1. The van der Waals surface area contributed by atoms with E-state index in [4.69, 9.17) is 0 Å². The second kappa shape index (κ2) is 16.1. The van der Waals surface area contributed by atoms with E-state index in [0.717, 1.165) is 53.7 Å². The van der Waals surface area contributed by atoms with Gasteiger partial charge < -0.3 is 29.8 Å². The van der Waals surface area contributed by atoms with Crippen LogP contribution in [0.1, 0.15) is 30.9 Å². The molecule has 1 saturated heterocycles. The van der Waals surface area contributed by atoms with E-state index in [2.05, 4.69) is 32.4 Å². The number of H-pyrrole nitrogens is 1. The molecule has 1 aromatic heterocycles. The molecule has 5 rings (SSSR count). The monoisotopic (exact) mass is 640 g/mol. The maximum absolute atomic E-state index is 14.4. The molecule has 3 aromatic carbocycles. The summed E-state index contributed by atoms with van der Waals surface area (Å²) in [6, 6.07) is 21.5. The number of hydrogen-bond acceptors (Lipinski definition) is 8. The van der Waals surface area contributed by atoms with Crippen molar-refractivity contribution >= 4 is 11.9 Å². The van der Waals surface area contributed by atoms with Crippen LogP contribution in [0.2, 0.25) is 0 Å². The SMILES string of the molecule is CCCCN(Cc1ccc(-c2ccccc2-c2nn[nH]n2)cc1)C(=O)N(CCO)C(Cc1ccc(O)cc1)C(=O)N1CCN(C)CC1. The molecule has 1 aliphatic rings. The molecule has 248 valence electrons. The van der Waals surface area contributed by atoms with Gasteiger partial charge in [0.2, 0.25) is 11.7 Å². The van der Waals surface area contributed by atoms with Gasteiger partial charge in [0.25, 0.3) is 0 Å². The smallest absolute Gasteiger partial charge is 0.321 e. The number of nitrogens with zero attached hydrogens (tertiary/aromatic N) is 7. The minimum absolute atomic E-state index is 0.0233. The van der Waals surface area contributed by atoms with Crippen molar-refractivity contribution < 1.29 is 19.8 Å². The van der Waals surface area contributed by atoms with Crippen molar-refractivity contribution in [3.05, 3.63) is 83.9 Å². The number of carbonyl (C=O) groups is 2. The summed E-state index contributed by atoms with van der Waals surface area (Å²) in [6.45, 7) is 5.34. The number of rotatable bonds is 13. The molecular formula is C35H44N8O4. The van der Waals surface area contributed by atoms with Crippen molar-refractivity contribution in [2.75, 3.05) is 52.9 Å². The number of aliphatic hydroxyl groups excluding tert-OH is 1. The standard InChI is InChI=1S/C35H44N8O4/c1-3-4-17-42(25-27-9-13-28(14-10-27)30-7-5-6-8-31(30)33-36-38-39-37-33)35(47)43(22-23-44)32(24-26-11-15-29(45)16-12-26)34(46)41-20-18-40(2)19-21-41/h5-16,32,44-45H,3-4,17-25H2,1-2H3,(H,36,37,38,39). The summed E-state index contributed by atoms with van der Waals surface area (Å²) in [5.74, 6) is 0.514. The van der Waals surface area contributed by atoms with Gasteiger partial charge in [0.1, 0.15) is 11.8 Å². The predicted molar refractivity (Wildman–Crippen MR) is 179 cm³/mol. The summed E-state index contributed by atoms with van der Waals surface area (Å²) in [4.78, 5) is 35.9. The molecule has 1 atom stereocenters. The summed E-state index contributed by atoms with van der Waals surface area (Å²) in [6.07, 6.45) is 1.96. The maximum atomic E-state index is 14.4. The number of benzene rings is 3. The lowest BCUT2D eigenvalue weighted by molar-refractivity contribution is -0.138.